The van der Waals surface area contributed by atoms with Gasteiger partial charge in [0.1, 0.15) is 0 Å². The second-order valence-electron chi connectivity index (χ2n) is 12.0. The van der Waals surface area contributed by atoms with Crippen molar-refractivity contribution in [3.05, 3.63) is 114 Å². The van der Waals surface area contributed by atoms with Crippen molar-refractivity contribution in [2.75, 3.05) is 55.9 Å². The van der Waals surface area contributed by atoms with E-state index in [1.807, 2.05) is 66.5 Å². The number of nitrogens with one attached hydrogen (secondary N) is 2. The van der Waals surface area contributed by atoms with Gasteiger partial charge in [-0.3, -0.25) is 24.2 Å². The molecule has 0 bridgehead atoms. The quantitative estimate of drug-likeness (QED) is 0.196. The highest BCUT2D eigenvalue weighted by Gasteiger charge is 2.21. The van der Waals surface area contributed by atoms with Gasteiger partial charge in [0, 0.05) is 74.2 Å². The molecule has 0 unspecified atom stereocenters. The highest BCUT2D eigenvalue weighted by atomic mass is 16.5. The van der Waals surface area contributed by atoms with Gasteiger partial charge in [0.25, 0.3) is 11.8 Å². The number of ether oxygens (including phenoxy) is 2. The topological polar surface area (TPSA) is 114 Å². The van der Waals surface area contributed by atoms with Crippen molar-refractivity contribution < 1.29 is 19.1 Å². The summed E-state index contributed by atoms with van der Waals surface area (Å²) >= 11 is 0. The van der Waals surface area contributed by atoms with Crippen LogP contribution in [0.1, 0.15) is 26.3 Å². The van der Waals surface area contributed by atoms with Gasteiger partial charge >= 0.3 is 0 Å². The van der Waals surface area contributed by atoms with Crippen molar-refractivity contribution in [2.45, 2.75) is 6.54 Å². The van der Waals surface area contributed by atoms with Crippen molar-refractivity contribution in [3.8, 4) is 11.5 Å². The minimum atomic E-state index is -0.404. The van der Waals surface area contributed by atoms with Crippen LogP contribution in [0.25, 0.3) is 21.8 Å². The van der Waals surface area contributed by atoms with Crippen LogP contribution in [0.5, 0.6) is 11.5 Å². The van der Waals surface area contributed by atoms with Gasteiger partial charge in [0.2, 0.25) is 0 Å². The number of anilines is 3. The van der Waals surface area contributed by atoms with Crippen LogP contribution in [0, 0.1) is 0 Å². The second kappa shape index (κ2) is 13.7. The number of hydrogen-bond donors (Lipinski definition) is 2. The molecule has 3 heterocycles. The van der Waals surface area contributed by atoms with Crippen molar-refractivity contribution in [1.29, 1.82) is 0 Å². The minimum Gasteiger partial charge on any atom is -0.493 e. The minimum absolute atomic E-state index is 0.225. The first-order chi connectivity index (χ1) is 23.9. The fraction of sp³-hybridized carbons (Fsp3) is 0.211. The fourth-order valence-electron chi connectivity index (χ4n) is 6.25. The van der Waals surface area contributed by atoms with Crippen molar-refractivity contribution in [3.63, 3.8) is 0 Å². The number of benzene rings is 4. The lowest BCUT2D eigenvalue weighted by molar-refractivity contribution is 0.102. The monoisotopic (exact) mass is 655 g/mol. The van der Waals surface area contributed by atoms with E-state index >= 15 is 0 Å². The van der Waals surface area contributed by atoms with E-state index in [0.717, 1.165) is 60.2 Å². The summed E-state index contributed by atoms with van der Waals surface area (Å²) in [6.07, 6.45) is 3.43. The third-order valence-corrected chi connectivity index (χ3v) is 8.95. The zero-order valence-corrected chi connectivity index (χ0v) is 27.6. The summed E-state index contributed by atoms with van der Waals surface area (Å²) in [7, 11) is 4.96. The molecule has 1 aliphatic heterocycles. The van der Waals surface area contributed by atoms with Gasteiger partial charge in [-0.25, -0.2) is 0 Å². The Balaban J connectivity index is 1.01. The molecule has 1 saturated heterocycles. The van der Waals surface area contributed by atoms with Crippen LogP contribution in [0.3, 0.4) is 0 Å². The Morgan fingerprint density at radius 2 is 1.53 bits per heavy atom. The average Bonchev–Trinajstić information content (AvgIpc) is 3.51. The van der Waals surface area contributed by atoms with Crippen LogP contribution < -0.4 is 25.0 Å². The van der Waals surface area contributed by atoms with Crippen LogP contribution in [0.15, 0.2) is 97.3 Å². The Hall–Kier alpha value is -5.94. The maximum Gasteiger partial charge on any atom is 0.257 e. The van der Waals surface area contributed by atoms with E-state index in [1.54, 1.807) is 18.2 Å². The molecule has 2 amide bonds. The van der Waals surface area contributed by atoms with E-state index in [-0.39, 0.29) is 11.3 Å². The molecule has 11 nitrogen and oxygen atoms in total. The molecule has 4 aromatic carbocycles. The van der Waals surface area contributed by atoms with Crippen LogP contribution >= 0.6 is 0 Å². The molecular formula is C38H37N7O4. The maximum absolute atomic E-state index is 13.7. The lowest BCUT2D eigenvalue weighted by Crippen LogP contribution is -2.45. The molecule has 2 aromatic heterocycles. The number of para-hydroxylation sites is 1. The zero-order chi connectivity index (χ0) is 33.9. The molecule has 11 heteroatoms. The zero-order valence-electron chi connectivity index (χ0n) is 27.6. The van der Waals surface area contributed by atoms with Gasteiger partial charge in [-0.2, -0.15) is 5.10 Å². The standard InChI is InChI=1S/C38H37N7O4/c1-43-34-13-8-25(18-27(34)23-40-43)24-44-14-16-45(17-15-44)30-11-9-29(10-12-30)41-38(47)31-20-35(48-2)36(49-3)21-33(31)42-37(46)28-19-26-6-4-5-7-32(26)39-22-28/h4-13,18-23H,14-17,24H2,1-3H3,(H,41,47)(H,42,46). The molecule has 0 aliphatic carbocycles. The maximum atomic E-state index is 13.7. The number of piperazine rings is 1. The Kier molecular flexibility index (Phi) is 8.82. The SMILES string of the molecule is COc1cc(NC(=O)c2cnc3ccccc3c2)c(C(=O)Nc2ccc(N3CCN(Cc4ccc5c(cnn5C)c4)CC3)cc2)cc1OC. The summed E-state index contributed by atoms with van der Waals surface area (Å²) in [5.74, 6) is -0.0626. The Morgan fingerprint density at radius 3 is 2.31 bits per heavy atom. The number of pyridine rings is 1. The first-order valence-electron chi connectivity index (χ1n) is 16.1. The number of aromatic nitrogens is 3. The molecular weight excluding hydrogens is 618 g/mol. The predicted molar refractivity (Wildman–Crippen MR) is 192 cm³/mol. The van der Waals surface area contributed by atoms with Crippen molar-refractivity contribution in [2.24, 2.45) is 7.05 Å². The molecule has 0 radical (unpaired) electrons. The van der Waals surface area contributed by atoms with Crippen LogP contribution in [0.4, 0.5) is 17.1 Å². The predicted octanol–water partition coefficient (Wildman–Crippen LogP) is 5.97. The number of rotatable bonds is 9. The third kappa shape index (κ3) is 6.74. The van der Waals surface area contributed by atoms with Crippen molar-refractivity contribution in [1.82, 2.24) is 19.7 Å². The van der Waals surface area contributed by atoms with E-state index < -0.39 is 11.8 Å². The number of carbonyl (C=O) groups is 2. The van der Waals surface area contributed by atoms with Gasteiger partial charge in [0.15, 0.2) is 11.5 Å². The average molecular weight is 656 g/mol. The fourth-order valence-corrected chi connectivity index (χ4v) is 6.25. The molecule has 0 saturated carbocycles. The first kappa shape index (κ1) is 31.6. The summed E-state index contributed by atoms with van der Waals surface area (Å²) in [6, 6.07) is 26.8. The molecule has 1 fully saturated rings. The summed E-state index contributed by atoms with van der Waals surface area (Å²) < 4.78 is 12.8. The van der Waals surface area contributed by atoms with Gasteiger partial charge < -0.3 is 25.0 Å². The highest BCUT2D eigenvalue weighted by molar-refractivity contribution is 6.13. The van der Waals surface area contributed by atoms with Gasteiger partial charge in [-0.15, -0.1) is 0 Å². The molecule has 0 spiro atoms. The third-order valence-electron chi connectivity index (χ3n) is 8.95. The van der Waals surface area contributed by atoms with E-state index in [0.29, 0.717) is 22.7 Å². The molecule has 6 aromatic rings. The normalized spacial score (nSPS) is 13.4. The van der Waals surface area contributed by atoms with Gasteiger partial charge in [-0.1, -0.05) is 24.3 Å². The smallest absolute Gasteiger partial charge is 0.257 e. The largest absolute Gasteiger partial charge is 0.493 e. The molecule has 49 heavy (non-hydrogen) atoms. The highest BCUT2D eigenvalue weighted by Crippen LogP contribution is 2.34. The number of hydrogen-bond acceptors (Lipinski definition) is 8. The Bertz CT molecular complexity index is 2150. The Labute approximate surface area is 284 Å². The molecule has 0 atom stereocenters. The Morgan fingerprint density at radius 1 is 0.776 bits per heavy atom. The summed E-state index contributed by atoms with van der Waals surface area (Å²) in [4.78, 5) is 36.2. The molecule has 248 valence electrons. The second-order valence-corrected chi connectivity index (χ2v) is 12.0. The lowest BCUT2D eigenvalue weighted by Gasteiger charge is -2.36. The summed E-state index contributed by atoms with van der Waals surface area (Å²) in [6.45, 7) is 4.62. The van der Waals surface area contributed by atoms with E-state index in [2.05, 4.69) is 48.7 Å². The van der Waals surface area contributed by atoms with E-state index in [9.17, 15) is 9.59 Å². The number of carbonyl (C=O) groups excluding carboxylic acids is 2. The van der Waals surface area contributed by atoms with Crippen molar-refractivity contribution >= 4 is 50.7 Å². The number of nitrogens with zero attached hydrogens (tertiary/aromatic N) is 5. The summed E-state index contributed by atoms with van der Waals surface area (Å²) in [5, 5.41) is 12.2. The number of amides is 2. The van der Waals surface area contributed by atoms with Crippen LogP contribution in [-0.2, 0) is 13.6 Å². The van der Waals surface area contributed by atoms with E-state index in [4.69, 9.17) is 9.47 Å². The summed E-state index contributed by atoms with van der Waals surface area (Å²) in [5.41, 5.74) is 5.80. The number of methoxy groups -OCH3 is 2. The number of aryl methyl sites for hydroxylation is 1. The van der Waals surface area contributed by atoms with Gasteiger partial charge in [0.05, 0.1) is 48.3 Å². The molecule has 1 aliphatic rings. The lowest BCUT2D eigenvalue weighted by atomic mass is 10.1. The van der Waals surface area contributed by atoms with E-state index in [1.165, 1.54) is 26.0 Å². The molecule has 7 rings (SSSR count). The first-order valence-corrected chi connectivity index (χ1v) is 16.1. The van der Waals surface area contributed by atoms with Gasteiger partial charge in [-0.05, 0) is 60.2 Å². The van der Waals surface area contributed by atoms with Crippen LogP contribution in [0.2, 0.25) is 0 Å². The van der Waals surface area contributed by atoms with Crippen LogP contribution in [-0.4, -0.2) is 71.9 Å². The molecule has 2 N–H and O–H groups in total. The number of fused-ring (bicyclic) bond motifs is 2.